The Balaban J connectivity index is 0.00000212. The fourth-order valence-corrected chi connectivity index (χ4v) is 15.2. The molecule has 0 saturated heterocycles. The zero-order valence-corrected chi connectivity index (χ0v) is 30.6. The molecule has 0 amide bonds. The molecule has 0 nitrogen and oxygen atoms in total. The number of allylic oxidation sites excluding steroid dienone is 4. The molecule has 0 atom stereocenters. The minimum Gasteiger partial charge on any atom is -0.147 e. The van der Waals surface area contributed by atoms with Crippen LogP contribution in [0.3, 0.4) is 0 Å². The Hall–Kier alpha value is -2.31. The molecule has 0 unspecified atom stereocenters. The van der Waals surface area contributed by atoms with E-state index >= 15 is 0 Å². The van der Waals surface area contributed by atoms with E-state index in [9.17, 15) is 0 Å². The van der Waals surface area contributed by atoms with Crippen molar-refractivity contribution in [3.8, 4) is 11.1 Å². The standard InChI is InChI=1S/C21H25.C11H9.C8H8.2ClH.Zr/c1-20(2,3)16-7-9-18-14(12-16)11-15-13-17(21(4,5)6)8-10-19(15)18;1-2-6-10(7-3-1)11-8-4-5-9-11;1-2-8-6-4-3-5-7-8;;;/h7-10,12H,11H2,1-6H3;1-3,6-9H,4H2;3-7H,1H3;2*1H;. The largest absolute Gasteiger partial charge is 0.147 e. The molecule has 43 heavy (non-hydrogen) atoms. The van der Waals surface area contributed by atoms with Crippen molar-refractivity contribution < 1.29 is 21.3 Å². The quantitative estimate of drug-likeness (QED) is 0.177. The smallest absolute Gasteiger partial charge is 0.147 e. The van der Waals surface area contributed by atoms with Gasteiger partial charge in [0.05, 0.1) is 0 Å². The van der Waals surface area contributed by atoms with E-state index in [0.717, 1.165) is 12.8 Å². The summed E-state index contributed by atoms with van der Waals surface area (Å²) < 4.78 is 5.05. The molecule has 0 fully saturated rings. The second-order valence-electron chi connectivity index (χ2n) is 13.8. The Morgan fingerprint density at radius 1 is 0.698 bits per heavy atom. The van der Waals surface area contributed by atoms with E-state index in [-0.39, 0.29) is 35.6 Å². The molecule has 0 bridgehead atoms. The average Bonchev–Trinajstić information content (AvgIpc) is 3.58. The number of rotatable bonds is 4. The number of fused-ring (bicyclic) bond motifs is 3. The predicted molar refractivity (Wildman–Crippen MR) is 190 cm³/mol. The van der Waals surface area contributed by atoms with Gasteiger partial charge in [-0.2, -0.15) is 0 Å². The first-order valence-electron chi connectivity index (χ1n) is 15.1. The van der Waals surface area contributed by atoms with Crippen LogP contribution in [0.15, 0.2) is 106 Å². The summed E-state index contributed by atoms with van der Waals surface area (Å²) in [4.78, 5) is 0. The molecule has 0 saturated carbocycles. The number of halogens is 2. The number of hydrogen-bond donors (Lipinski definition) is 0. The van der Waals surface area contributed by atoms with Gasteiger partial charge in [-0.25, -0.2) is 0 Å². The molecule has 0 N–H and O–H groups in total. The average molecular weight is 687 g/mol. The van der Waals surface area contributed by atoms with Gasteiger partial charge in [-0.1, -0.05) is 0 Å². The number of benzene rings is 4. The van der Waals surface area contributed by atoms with Crippen molar-refractivity contribution >= 4 is 36.9 Å². The summed E-state index contributed by atoms with van der Waals surface area (Å²) in [5.74, 6) is 0. The second-order valence-corrected chi connectivity index (χ2v) is 20.3. The van der Waals surface area contributed by atoms with Crippen molar-refractivity contribution in [3.63, 3.8) is 0 Å². The third-order valence-corrected chi connectivity index (χ3v) is 16.5. The van der Waals surface area contributed by atoms with Crippen LogP contribution in [0.25, 0.3) is 16.7 Å². The van der Waals surface area contributed by atoms with Crippen LogP contribution in [-0.2, 0) is 38.5 Å². The first-order chi connectivity index (χ1) is 19.5. The molecule has 0 radical (unpaired) electrons. The van der Waals surface area contributed by atoms with Gasteiger partial charge in [0, 0.05) is 0 Å². The Bertz CT molecular complexity index is 1730. The summed E-state index contributed by atoms with van der Waals surface area (Å²) in [6.07, 6.45) is 7.17. The number of hydrogen-bond acceptors (Lipinski definition) is 0. The topological polar surface area (TPSA) is 0 Å². The minimum absolute atomic E-state index is 0. The SMILES string of the molecule is C/[C](c1ccccc1)=[Zr](\[C]1=CC(c2ccccc2)=CC1)[c]1c(C(C)(C)C)ccc2c1Cc1cc(C(C)(C)C)ccc1-2.Cl.Cl. The molecule has 4 aromatic rings. The molecule has 222 valence electrons. The van der Waals surface area contributed by atoms with Crippen molar-refractivity contribution in [1.29, 1.82) is 0 Å². The minimum atomic E-state index is -2.59. The third kappa shape index (κ3) is 6.56. The molecule has 4 aromatic carbocycles. The summed E-state index contributed by atoms with van der Waals surface area (Å²) in [5.41, 5.74) is 13.4. The molecule has 6 rings (SSSR count). The van der Waals surface area contributed by atoms with Crippen molar-refractivity contribution in [2.75, 3.05) is 0 Å². The van der Waals surface area contributed by atoms with Crippen molar-refractivity contribution in [3.05, 3.63) is 140 Å². The van der Waals surface area contributed by atoms with Crippen LogP contribution < -0.4 is 3.27 Å². The molecule has 0 aliphatic heterocycles. The van der Waals surface area contributed by atoms with Crippen molar-refractivity contribution in [1.82, 2.24) is 0 Å². The Morgan fingerprint density at radius 2 is 1.33 bits per heavy atom. The van der Waals surface area contributed by atoms with E-state index in [1.165, 1.54) is 39.0 Å². The summed E-state index contributed by atoms with van der Waals surface area (Å²) in [6, 6.07) is 34.4. The van der Waals surface area contributed by atoms with Gasteiger partial charge in [-0.3, -0.25) is 0 Å². The van der Waals surface area contributed by atoms with E-state index < -0.39 is 21.3 Å². The van der Waals surface area contributed by atoms with Crippen molar-refractivity contribution in [2.45, 2.75) is 72.1 Å². The van der Waals surface area contributed by atoms with Gasteiger partial charge in [0.1, 0.15) is 0 Å². The van der Waals surface area contributed by atoms with Crippen LogP contribution in [0, 0.1) is 0 Å². The van der Waals surface area contributed by atoms with Gasteiger partial charge in [0.25, 0.3) is 0 Å². The van der Waals surface area contributed by atoms with Crippen LogP contribution in [0.2, 0.25) is 0 Å². The molecule has 2 aliphatic carbocycles. The van der Waals surface area contributed by atoms with Crippen molar-refractivity contribution in [2.24, 2.45) is 0 Å². The molecule has 0 heterocycles. The zero-order valence-electron chi connectivity index (χ0n) is 26.5. The maximum atomic E-state index is 2.57. The summed E-state index contributed by atoms with van der Waals surface area (Å²) in [5, 5.41) is 0. The van der Waals surface area contributed by atoms with Gasteiger partial charge < -0.3 is 0 Å². The fraction of sp³-hybridized carbons (Fsp3) is 0.275. The van der Waals surface area contributed by atoms with Crippen LogP contribution in [0.5, 0.6) is 0 Å². The van der Waals surface area contributed by atoms with Gasteiger partial charge in [-0.05, 0) is 0 Å². The second kappa shape index (κ2) is 13.0. The van der Waals surface area contributed by atoms with Crippen LogP contribution in [-0.4, -0.2) is 3.21 Å². The zero-order chi connectivity index (χ0) is 28.9. The predicted octanol–water partition coefficient (Wildman–Crippen LogP) is 10.6. The Labute approximate surface area is 279 Å². The first-order valence-corrected chi connectivity index (χ1v) is 18.7. The summed E-state index contributed by atoms with van der Waals surface area (Å²) >= 11 is -2.59. The molecular formula is C40H44Cl2Zr. The van der Waals surface area contributed by atoms with Crippen LogP contribution in [0.4, 0.5) is 0 Å². The van der Waals surface area contributed by atoms with E-state index in [1.807, 2.05) is 0 Å². The van der Waals surface area contributed by atoms with Gasteiger partial charge in [0.15, 0.2) is 0 Å². The molecular weight excluding hydrogens is 643 g/mol. The maximum Gasteiger partial charge on any atom is -0.147 e. The fourth-order valence-electron chi connectivity index (χ4n) is 6.61. The maximum absolute atomic E-state index is 2.59. The van der Waals surface area contributed by atoms with E-state index in [0.29, 0.717) is 0 Å². The molecule has 2 aliphatic rings. The molecule has 3 heteroatoms. The van der Waals surface area contributed by atoms with Crippen LogP contribution >= 0.6 is 24.8 Å². The van der Waals surface area contributed by atoms with Gasteiger partial charge in [-0.15, -0.1) is 24.8 Å². The van der Waals surface area contributed by atoms with Gasteiger partial charge in [0.2, 0.25) is 0 Å². The molecule has 0 aromatic heterocycles. The van der Waals surface area contributed by atoms with E-state index in [1.54, 1.807) is 20.9 Å². The summed E-state index contributed by atoms with van der Waals surface area (Å²) in [7, 11) is 0. The summed E-state index contributed by atoms with van der Waals surface area (Å²) in [6.45, 7) is 16.7. The van der Waals surface area contributed by atoms with E-state index in [4.69, 9.17) is 0 Å². The third-order valence-electron chi connectivity index (χ3n) is 8.88. The molecule has 0 spiro atoms. The first kappa shape index (κ1) is 33.6. The normalized spacial score (nSPS) is 14.5. The van der Waals surface area contributed by atoms with E-state index in [2.05, 4.69) is 152 Å². The van der Waals surface area contributed by atoms with Gasteiger partial charge >= 0.3 is 256 Å². The van der Waals surface area contributed by atoms with Crippen LogP contribution in [0.1, 0.15) is 88.3 Å². The monoisotopic (exact) mass is 684 g/mol. The Kier molecular flexibility index (Phi) is 10.1. The Morgan fingerprint density at radius 3 is 1.95 bits per heavy atom.